The number of hydrogen-bond donors (Lipinski definition) is 1. The minimum absolute atomic E-state index is 0.102. The molecule has 0 radical (unpaired) electrons. The SMILES string of the molecule is Cc1nc2cc(S(=O)(=O)NCc3ccco3)ccc2o1. The number of aryl methyl sites for hydroxylation is 1. The van der Waals surface area contributed by atoms with Crippen LogP contribution in [0.1, 0.15) is 11.7 Å². The van der Waals surface area contributed by atoms with E-state index in [9.17, 15) is 8.42 Å². The molecule has 20 heavy (non-hydrogen) atoms. The zero-order valence-electron chi connectivity index (χ0n) is 10.7. The number of nitrogens with zero attached hydrogens (tertiary/aromatic N) is 1. The Morgan fingerprint density at radius 1 is 1.30 bits per heavy atom. The number of benzene rings is 1. The van der Waals surface area contributed by atoms with E-state index in [1.54, 1.807) is 25.1 Å². The molecule has 2 aromatic heterocycles. The molecular formula is C13H12N2O4S. The predicted octanol–water partition coefficient (Wildman–Crippen LogP) is 2.21. The van der Waals surface area contributed by atoms with Gasteiger partial charge in [0.15, 0.2) is 11.5 Å². The monoisotopic (exact) mass is 292 g/mol. The van der Waals surface area contributed by atoms with E-state index in [-0.39, 0.29) is 11.4 Å². The second-order valence-electron chi connectivity index (χ2n) is 4.27. The smallest absolute Gasteiger partial charge is 0.241 e. The fraction of sp³-hybridized carbons (Fsp3) is 0.154. The van der Waals surface area contributed by atoms with Crippen molar-refractivity contribution in [1.29, 1.82) is 0 Å². The third-order valence-electron chi connectivity index (χ3n) is 2.79. The Labute approximate surface area is 115 Å². The number of hydrogen-bond acceptors (Lipinski definition) is 5. The molecule has 0 bridgehead atoms. The molecule has 2 heterocycles. The summed E-state index contributed by atoms with van der Waals surface area (Å²) in [6.45, 7) is 1.81. The van der Waals surface area contributed by atoms with Gasteiger partial charge in [0.1, 0.15) is 11.3 Å². The lowest BCUT2D eigenvalue weighted by Crippen LogP contribution is -2.22. The summed E-state index contributed by atoms with van der Waals surface area (Å²) in [4.78, 5) is 4.26. The first-order valence-corrected chi connectivity index (χ1v) is 7.42. The fourth-order valence-electron chi connectivity index (χ4n) is 1.85. The van der Waals surface area contributed by atoms with Crippen LogP contribution in [-0.4, -0.2) is 13.4 Å². The van der Waals surface area contributed by atoms with Crippen LogP contribution in [0.15, 0.2) is 50.3 Å². The first-order valence-electron chi connectivity index (χ1n) is 5.94. The van der Waals surface area contributed by atoms with E-state index in [2.05, 4.69) is 9.71 Å². The molecule has 0 atom stereocenters. The average molecular weight is 292 g/mol. The molecule has 0 aliphatic carbocycles. The van der Waals surface area contributed by atoms with E-state index in [1.807, 2.05) is 0 Å². The van der Waals surface area contributed by atoms with Crippen molar-refractivity contribution in [3.63, 3.8) is 0 Å². The molecule has 104 valence electrons. The van der Waals surface area contributed by atoms with Gasteiger partial charge in [-0.3, -0.25) is 0 Å². The summed E-state index contributed by atoms with van der Waals surface area (Å²) in [6, 6.07) is 7.96. The lowest BCUT2D eigenvalue weighted by atomic mass is 10.3. The molecule has 0 amide bonds. The third-order valence-corrected chi connectivity index (χ3v) is 4.19. The van der Waals surface area contributed by atoms with E-state index >= 15 is 0 Å². The molecular weight excluding hydrogens is 280 g/mol. The van der Waals surface area contributed by atoms with Gasteiger partial charge in [0.25, 0.3) is 0 Å². The van der Waals surface area contributed by atoms with Gasteiger partial charge in [-0.25, -0.2) is 18.1 Å². The third kappa shape index (κ3) is 2.45. The summed E-state index contributed by atoms with van der Waals surface area (Å²) in [5.74, 6) is 1.05. The van der Waals surface area contributed by atoms with E-state index in [1.165, 1.54) is 18.4 Å². The predicted molar refractivity (Wildman–Crippen MR) is 71.5 cm³/mol. The summed E-state index contributed by atoms with van der Waals surface area (Å²) in [6.07, 6.45) is 1.49. The van der Waals surface area contributed by atoms with Crippen molar-refractivity contribution in [2.45, 2.75) is 18.4 Å². The lowest BCUT2D eigenvalue weighted by Gasteiger charge is -2.04. The molecule has 7 heteroatoms. The normalized spacial score (nSPS) is 12.1. The van der Waals surface area contributed by atoms with Crippen LogP contribution in [0.5, 0.6) is 0 Å². The maximum atomic E-state index is 12.2. The molecule has 6 nitrogen and oxygen atoms in total. The van der Waals surface area contributed by atoms with E-state index in [4.69, 9.17) is 8.83 Å². The molecule has 0 fully saturated rings. The zero-order chi connectivity index (χ0) is 14.2. The van der Waals surface area contributed by atoms with E-state index in [0.717, 1.165) is 0 Å². The highest BCUT2D eigenvalue weighted by Gasteiger charge is 2.16. The van der Waals surface area contributed by atoms with Crippen molar-refractivity contribution < 1.29 is 17.3 Å². The van der Waals surface area contributed by atoms with Crippen molar-refractivity contribution >= 4 is 21.1 Å². The molecule has 0 saturated heterocycles. The van der Waals surface area contributed by atoms with Gasteiger partial charge in [-0.05, 0) is 30.3 Å². The fourth-order valence-corrected chi connectivity index (χ4v) is 2.87. The van der Waals surface area contributed by atoms with E-state index < -0.39 is 10.0 Å². The van der Waals surface area contributed by atoms with Gasteiger partial charge in [0.05, 0.1) is 17.7 Å². The lowest BCUT2D eigenvalue weighted by molar-refractivity contribution is 0.498. The van der Waals surface area contributed by atoms with Gasteiger partial charge in [0.2, 0.25) is 10.0 Å². The maximum Gasteiger partial charge on any atom is 0.241 e. The zero-order valence-corrected chi connectivity index (χ0v) is 11.5. The van der Waals surface area contributed by atoms with Crippen LogP contribution in [0.25, 0.3) is 11.1 Å². The molecule has 3 rings (SSSR count). The minimum atomic E-state index is -3.61. The quantitative estimate of drug-likeness (QED) is 0.796. The maximum absolute atomic E-state index is 12.2. The Bertz CT molecular complexity index is 835. The van der Waals surface area contributed by atoms with E-state index in [0.29, 0.717) is 22.8 Å². The second-order valence-corrected chi connectivity index (χ2v) is 6.03. The topological polar surface area (TPSA) is 85.3 Å². The van der Waals surface area contributed by atoms with Crippen molar-refractivity contribution in [3.05, 3.63) is 48.2 Å². The standard InChI is InChI=1S/C13H12N2O4S/c1-9-15-12-7-11(4-5-13(12)19-9)20(16,17)14-8-10-3-2-6-18-10/h2-7,14H,8H2,1H3. The van der Waals surface area contributed by atoms with Crippen LogP contribution >= 0.6 is 0 Å². The van der Waals surface area contributed by atoms with Crippen LogP contribution < -0.4 is 4.72 Å². The van der Waals surface area contributed by atoms with Crippen LogP contribution in [-0.2, 0) is 16.6 Å². The van der Waals surface area contributed by atoms with Gasteiger partial charge in [-0.15, -0.1) is 0 Å². The number of aromatic nitrogens is 1. The number of rotatable bonds is 4. The largest absolute Gasteiger partial charge is 0.468 e. The first-order chi connectivity index (χ1) is 9.54. The highest BCUT2D eigenvalue weighted by atomic mass is 32.2. The second kappa shape index (κ2) is 4.77. The van der Waals surface area contributed by atoms with Crippen molar-refractivity contribution in [2.24, 2.45) is 0 Å². The van der Waals surface area contributed by atoms with Gasteiger partial charge >= 0.3 is 0 Å². The Hall–Kier alpha value is -2.12. The number of nitrogens with one attached hydrogen (secondary N) is 1. The van der Waals surface area contributed by atoms with Gasteiger partial charge in [-0.1, -0.05) is 0 Å². The summed E-state index contributed by atoms with van der Waals surface area (Å²) in [5, 5.41) is 0. The molecule has 0 spiro atoms. The number of furan rings is 1. The molecule has 0 unspecified atom stereocenters. The highest BCUT2D eigenvalue weighted by molar-refractivity contribution is 7.89. The molecule has 0 aliphatic rings. The highest BCUT2D eigenvalue weighted by Crippen LogP contribution is 2.19. The Balaban J connectivity index is 1.88. The van der Waals surface area contributed by atoms with Crippen molar-refractivity contribution in [3.8, 4) is 0 Å². The summed E-state index contributed by atoms with van der Waals surface area (Å²) >= 11 is 0. The molecule has 0 saturated carbocycles. The van der Waals surface area contributed by atoms with Crippen LogP contribution in [0, 0.1) is 6.92 Å². The Morgan fingerprint density at radius 3 is 2.90 bits per heavy atom. The minimum Gasteiger partial charge on any atom is -0.468 e. The van der Waals surface area contributed by atoms with Crippen molar-refractivity contribution in [2.75, 3.05) is 0 Å². The summed E-state index contributed by atoms with van der Waals surface area (Å²) in [5.41, 5.74) is 1.08. The van der Waals surface area contributed by atoms with Crippen LogP contribution in [0.4, 0.5) is 0 Å². The van der Waals surface area contributed by atoms with Crippen LogP contribution in [0.2, 0.25) is 0 Å². The van der Waals surface area contributed by atoms with Gasteiger partial charge in [0, 0.05) is 6.92 Å². The van der Waals surface area contributed by atoms with Crippen molar-refractivity contribution in [1.82, 2.24) is 9.71 Å². The Morgan fingerprint density at radius 2 is 2.15 bits per heavy atom. The molecule has 1 N–H and O–H groups in total. The Kier molecular flexibility index (Phi) is 3.07. The number of oxazole rings is 1. The number of sulfonamides is 1. The molecule has 0 aliphatic heterocycles. The average Bonchev–Trinajstić information content (AvgIpc) is 3.03. The summed E-state index contributed by atoms with van der Waals surface area (Å²) in [7, 11) is -3.61. The van der Waals surface area contributed by atoms with Gasteiger partial charge < -0.3 is 8.83 Å². The first kappa shape index (κ1) is 12.9. The summed E-state index contributed by atoms with van der Waals surface area (Å²) < 4.78 is 37.2. The number of fused-ring (bicyclic) bond motifs is 1. The molecule has 1 aromatic carbocycles. The molecule has 3 aromatic rings. The van der Waals surface area contributed by atoms with Crippen LogP contribution in [0.3, 0.4) is 0 Å². The van der Waals surface area contributed by atoms with Gasteiger partial charge in [-0.2, -0.15) is 0 Å².